The Bertz CT molecular complexity index is 933. The van der Waals surface area contributed by atoms with Crippen molar-refractivity contribution >= 4 is 11.8 Å². The van der Waals surface area contributed by atoms with Crippen molar-refractivity contribution in [2.75, 3.05) is 33.0 Å². The Balaban J connectivity index is 2.05. The molecule has 38 heavy (non-hydrogen) atoms. The van der Waals surface area contributed by atoms with Gasteiger partial charge in [0.05, 0.1) is 45.1 Å². The van der Waals surface area contributed by atoms with E-state index in [0.717, 1.165) is 11.1 Å². The van der Waals surface area contributed by atoms with Crippen LogP contribution in [0.1, 0.15) is 45.2 Å². The number of nitrogens with one attached hydrogen (secondary N) is 2. The van der Waals surface area contributed by atoms with Gasteiger partial charge in [0.25, 0.3) is 5.91 Å². The van der Waals surface area contributed by atoms with E-state index in [1.54, 1.807) is 0 Å². The second-order valence-corrected chi connectivity index (χ2v) is 10.5. The fraction of sp³-hybridized carbons (Fsp3) is 0.533. The van der Waals surface area contributed by atoms with E-state index in [4.69, 9.17) is 14.2 Å². The van der Waals surface area contributed by atoms with Gasteiger partial charge in [0.15, 0.2) is 6.10 Å². The maximum atomic E-state index is 13.2. The number of hydrogen-bond donors (Lipinski definition) is 3. The molecular formula is C30H44N2O6. The minimum absolute atomic E-state index is 0.195. The second kappa shape index (κ2) is 16.9. The largest absolute Gasteiger partial charge is 0.381 e. The maximum Gasteiger partial charge on any atom is 0.251 e. The number of ether oxygens (including phenoxy) is 3. The summed E-state index contributed by atoms with van der Waals surface area (Å²) in [4.78, 5) is 25.9. The Hall–Kier alpha value is -2.78. The van der Waals surface area contributed by atoms with Crippen LogP contribution in [0.5, 0.6) is 0 Å². The Kier molecular flexibility index (Phi) is 14.0. The van der Waals surface area contributed by atoms with Gasteiger partial charge in [0.2, 0.25) is 5.91 Å². The Morgan fingerprint density at radius 3 is 2.03 bits per heavy atom. The van der Waals surface area contributed by atoms with Gasteiger partial charge in [-0.05, 0) is 29.9 Å². The highest BCUT2D eigenvalue weighted by atomic mass is 16.5. The van der Waals surface area contributed by atoms with Gasteiger partial charge in [-0.2, -0.15) is 0 Å². The van der Waals surface area contributed by atoms with Crippen molar-refractivity contribution in [2.45, 2.75) is 65.3 Å². The fourth-order valence-electron chi connectivity index (χ4n) is 3.83. The summed E-state index contributed by atoms with van der Waals surface area (Å²) in [5.41, 5.74) is 1.69. The lowest BCUT2D eigenvalue weighted by Gasteiger charge is -2.27. The third kappa shape index (κ3) is 13.1. The zero-order chi connectivity index (χ0) is 27.8. The third-order valence-electron chi connectivity index (χ3n) is 5.66. The molecule has 2 aromatic rings. The summed E-state index contributed by atoms with van der Waals surface area (Å²) in [5, 5.41) is 16.8. The molecule has 3 atom stereocenters. The summed E-state index contributed by atoms with van der Waals surface area (Å²) in [6.45, 7) is 10.0. The monoisotopic (exact) mass is 528 g/mol. The normalized spacial score (nSPS) is 13.9. The second-order valence-electron chi connectivity index (χ2n) is 10.5. The number of aliphatic hydroxyl groups is 1. The molecule has 0 radical (unpaired) electrons. The highest BCUT2D eigenvalue weighted by molar-refractivity contribution is 5.83. The molecule has 0 aliphatic heterocycles. The first-order chi connectivity index (χ1) is 18.2. The quantitative estimate of drug-likeness (QED) is 0.272. The number of carbonyl (C=O) groups excluding carboxylic acids is 2. The molecule has 0 saturated heterocycles. The topological polar surface area (TPSA) is 106 Å². The highest BCUT2D eigenvalue weighted by Gasteiger charge is 2.30. The number of rotatable bonds is 17. The highest BCUT2D eigenvalue weighted by Crippen LogP contribution is 2.18. The summed E-state index contributed by atoms with van der Waals surface area (Å²) in [5.74, 6) is -0.809. The molecule has 2 rings (SSSR count). The van der Waals surface area contributed by atoms with Crippen molar-refractivity contribution in [3.8, 4) is 0 Å². The number of benzene rings is 2. The zero-order valence-corrected chi connectivity index (χ0v) is 23.2. The van der Waals surface area contributed by atoms with E-state index in [1.165, 1.54) is 0 Å². The van der Waals surface area contributed by atoms with Crippen molar-refractivity contribution < 1.29 is 28.9 Å². The van der Waals surface area contributed by atoms with E-state index in [1.807, 2.05) is 88.4 Å². The van der Waals surface area contributed by atoms with Crippen LogP contribution in [-0.4, -0.2) is 68.1 Å². The average Bonchev–Trinajstić information content (AvgIpc) is 2.87. The van der Waals surface area contributed by atoms with Crippen LogP contribution in [0.2, 0.25) is 0 Å². The molecule has 1 unspecified atom stereocenters. The van der Waals surface area contributed by atoms with E-state index in [2.05, 4.69) is 10.6 Å². The zero-order valence-electron chi connectivity index (χ0n) is 23.2. The molecule has 0 spiro atoms. The predicted octanol–water partition coefficient (Wildman–Crippen LogP) is 3.27. The van der Waals surface area contributed by atoms with E-state index >= 15 is 0 Å². The van der Waals surface area contributed by atoms with E-state index in [9.17, 15) is 14.7 Å². The fourth-order valence-corrected chi connectivity index (χ4v) is 3.83. The molecule has 3 N–H and O–H groups in total. The molecule has 0 heterocycles. The van der Waals surface area contributed by atoms with Crippen molar-refractivity contribution in [1.29, 1.82) is 0 Å². The van der Waals surface area contributed by atoms with Gasteiger partial charge >= 0.3 is 0 Å². The molecule has 2 amide bonds. The van der Waals surface area contributed by atoms with Crippen LogP contribution < -0.4 is 10.6 Å². The molecule has 0 aliphatic carbocycles. The lowest BCUT2D eigenvalue weighted by atomic mass is 9.91. The van der Waals surface area contributed by atoms with Gasteiger partial charge < -0.3 is 30.0 Å². The first kappa shape index (κ1) is 31.4. The van der Waals surface area contributed by atoms with Gasteiger partial charge in [0.1, 0.15) is 0 Å². The van der Waals surface area contributed by atoms with Gasteiger partial charge in [0, 0.05) is 13.0 Å². The van der Waals surface area contributed by atoms with Crippen molar-refractivity contribution in [3.05, 3.63) is 71.8 Å². The van der Waals surface area contributed by atoms with Crippen molar-refractivity contribution in [3.63, 3.8) is 0 Å². The van der Waals surface area contributed by atoms with Crippen molar-refractivity contribution in [1.82, 2.24) is 10.6 Å². The van der Waals surface area contributed by atoms with Crippen molar-refractivity contribution in [2.24, 2.45) is 5.41 Å². The Morgan fingerprint density at radius 1 is 0.842 bits per heavy atom. The lowest BCUT2D eigenvalue weighted by molar-refractivity contribution is -0.134. The molecule has 0 bridgehead atoms. The van der Waals surface area contributed by atoms with Crippen LogP contribution in [0, 0.1) is 5.41 Å². The van der Waals surface area contributed by atoms with Crippen LogP contribution in [0.15, 0.2) is 60.7 Å². The minimum atomic E-state index is -1.46. The Labute approximate surface area is 227 Å². The van der Waals surface area contributed by atoms with Crippen LogP contribution >= 0.6 is 0 Å². The van der Waals surface area contributed by atoms with Gasteiger partial charge in [-0.3, -0.25) is 9.59 Å². The lowest BCUT2D eigenvalue weighted by Crippen LogP contribution is -2.55. The molecule has 0 saturated carbocycles. The number of hydrogen-bond acceptors (Lipinski definition) is 6. The molecule has 0 aromatic heterocycles. The summed E-state index contributed by atoms with van der Waals surface area (Å²) in [7, 11) is 0. The van der Waals surface area contributed by atoms with Gasteiger partial charge in [-0.15, -0.1) is 0 Å². The van der Waals surface area contributed by atoms with E-state index in [-0.39, 0.29) is 31.0 Å². The summed E-state index contributed by atoms with van der Waals surface area (Å²) in [6.07, 6.45) is -0.874. The van der Waals surface area contributed by atoms with Crippen LogP contribution in [-0.2, 0) is 36.8 Å². The predicted molar refractivity (Wildman–Crippen MR) is 147 cm³/mol. The molecule has 210 valence electrons. The van der Waals surface area contributed by atoms with Crippen LogP contribution in [0.4, 0.5) is 0 Å². The number of amides is 2. The SMILES string of the molecule is CCOCCOC[C@H](COCc1ccccc1)NC(=O)C(O)[C@H](Cc1ccccc1)NC(=O)CC(C)(C)C. The molecule has 0 aliphatic rings. The summed E-state index contributed by atoms with van der Waals surface area (Å²) in [6, 6.07) is 17.9. The van der Waals surface area contributed by atoms with Gasteiger partial charge in [-0.25, -0.2) is 0 Å². The molecule has 8 nitrogen and oxygen atoms in total. The smallest absolute Gasteiger partial charge is 0.251 e. The first-order valence-electron chi connectivity index (χ1n) is 13.3. The van der Waals surface area contributed by atoms with Gasteiger partial charge in [-0.1, -0.05) is 81.4 Å². The standard InChI is InChI=1S/C30H44N2O6/c1-5-36-16-17-37-21-25(22-38-20-24-14-10-7-11-15-24)31-29(35)28(34)26(18-23-12-8-6-9-13-23)32-27(33)19-30(2,3)4/h6-15,25-26,28,34H,5,16-22H2,1-4H3,(H,31,35)(H,32,33)/t25-,26+,28?/m1/s1. The average molecular weight is 529 g/mol. The molecule has 2 aromatic carbocycles. The van der Waals surface area contributed by atoms with Crippen LogP contribution in [0.25, 0.3) is 0 Å². The minimum Gasteiger partial charge on any atom is -0.381 e. The number of aliphatic hydroxyl groups excluding tert-OH is 1. The summed E-state index contributed by atoms with van der Waals surface area (Å²) >= 11 is 0. The number of carbonyl (C=O) groups is 2. The maximum absolute atomic E-state index is 13.2. The third-order valence-corrected chi connectivity index (χ3v) is 5.66. The van der Waals surface area contributed by atoms with E-state index < -0.39 is 24.1 Å². The van der Waals surface area contributed by atoms with E-state index in [0.29, 0.717) is 32.8 Å². The molecular weight excluding hydrogens is 484 g/mol. The molecule has 0 fully saturated rings. The first-order valence-corrected chi connectivity index (χ1v) is 13.3. The van der Waals surface area contributed by atoms with Crippen LogP contribution in [0.3, 0.4) is 0 Å². The molecule has 8 heteroatoms. The Morgan fingerprint density at radius 2 is 1.42 bits per heavy atom. The summed E-state index contributed by atoms with van der Waals surface area (Å²) < 4.78 is 16.8.